The summed E-state index contributed by atoms with van der Waals surface area (Å²) < 4.78 is 6.89. The lowest BCUT2D eigenvalue weighted by molar-refractivity contribution is -0.236. The number of ether oxygens (including phenoxy) is 1. The van der Waals surface area contributed by atoms with Crippen LogP contribution in [0.2, 0.25) is 0 Å². The lowest BCUT2D eigenvalue weighted by atomic mass is 9.44. The molecule has 0 radical (unpaired) electrons. The third-order valence-corrected chi connectivity index (χ3v) is 7.72. The molecule has 0 aromatic carbocycles. The molecular formula is C20H34O. The normalized spacial score (nSPS) is 52.6. The first-order chi connectivity index (χ1) is 9.69. The van der Waals surface area contributed by atoms with Gasteiger partial charge in [-0.25, -0.2) is 0 Å². The van der Waals surface area contributed by atoms with Crippen molar-refractivity contribution in [2.75, 3.05) is 0 Å². The van der Waals surface area contributed by atoms with Crippen LogP contribution in [0, 0.1) is 22.7 Å². The van der Waals surface area contributed by atoms with Gasteiger partial charge in [-0.05, 0) is 62.7 Å². The Hall–Kier alpha value is -0.300. The van der Waals surface area contributed by atoms with Crippen molar-refractivity contribution >= 4 is 0 Å². The summed E-state index contributed by atoms with van der Waals surface area (Å²) in [6, 6.07) is 0. The fraction of sp³-hybridized carbons (Fsp3) is 0.900. The van der Waals surface area contributed by atoms with E-state index in [9.17, 15) is 0 Å². The highest BCUT2D eigenvalue weighted by Crippen LogP contribution is 2.67. The summed E-state index contributed by atoms with van der Waals surface area (Å²) in [5, 5.41) is 0. The number of hydrogen-bond acceptors (Lipinski definition) is 1. The fourth-order valence-electron chi connectivity index (χ4n) is 6.40. The van der Waals surface area contributed by atoms with Crippen LogP contribution in [0.5, 0.6) is 0 Å². The van der Waals surface area contributed by atoms with E-state index in [-0.39, 0.29) is 11.2 Å². The smallest absolute Gasteiger partial charge is 0.0840 e. The van der Waals surface area contributed by atoms with Crippen molar-refractivity contribution in [2.24, 2.45) is 22.7 Å². The highest BCUT2D eigenvalue weighted by atomic mass is 16.5. The Bertz CT molecular complexity index is 439. The number of hydrogen-bond donors (Lipinski definition) is 0. The highest BCUT2D eigenvalue weighted by molar-refractivity contribution is 5.17. The second kappa shape index (κ2) is 4.60. The monoisotopic (exact) mass is 290 g/mol. The van der Waals surface area contributed by atoms with Gasteiger partial charge in [0, 0.05) is 5.41 Å². The molecule has 0 bridgehead atoms. The van der Waals surface area contributed by atoms with Crippen LogP contribution in [0.15, 0.2) is 12.7 Å². The largest absolute Gasteiger partial charge is 0.364 e. The summed E-state index contributed by atoms with van der Waals surface area (Å²) >= 11 is 0. The standard InChI is InChI=1S/C20H34O/c1-7-18(5)13-14-20(21-18)15(2)9-10-16-17(3,4)11-8-12-19(16,20)6/h7,15-16H,1,8-14H2,2-6H3/t15-,16?,18-,19+,20-/m1/s1. The average Bonchev–Trinajstić information content (AvgIpc) is 2.76. The van der Waals surface area contributed by atoms with Crippen molar-refractivity contribution in [1.29, 1.82) is 0 Å². The molecule has 0 amide bonds. The predicted molar refractivity (Wildman–Crippen MR) is 89.3 cm³/mol. The lowest BCUT2D eigenvalue weighted by Crippen LogP contribution is -2.62. The van der Waals surface area contributed by atoms with Crippen molar-refractivity contribution in [3.63, 3.8) is 0 Å². The zero-order valence-corrected chi connectivity index (χ0v) is 14.8. The molecule has 21 heavy (non-hydrogen) atoms. The van der Waals surface area contributed by atoms with Crippen LogP contribution in [0.4, 0.5) is 0 Å². The van der Waals surface area contributed by atoms with Crippen molar-refractivity contribution in [3.05, 3.63) is 12.7 Å². The first-order valence-electron chi connectivity index (χ1n) is 9.03. The molecule has 1 saturated heterocycles. The van der Waals surface area contributed by atoms with E-state index < -0.39 is 0 Å². The van der Waals surface area contributed by atoms with Crippen molar-refractivity contribution in [3.8, 4) is 0 Å². The van der Waals surface area contributed by atoms with Crippen LogP contribution in [0.1, 0.15) is 79.6 Å². The molecule has 1 unspecified atom stereocenters. The minimum atomic E-state index is -0.110. The Morgan fingerprint density at radius 3 is 2.33 bits per heavy atom. The molecule has 3 aliphatic rings. The molecule has 5 atom stereocenters. The molecule has 1 nitrogen and oxygen atoms in total. The van der Waals surface area contributed by atoms with Crippen LogP contribution < -0.4 is 0 Å². The average molecular weight is 290 g/mol. The van der Waals surface area contributed by atoms with E-state index in [1.807, 2.05) is 0 Å². The SMILES string of the molecule is C=C[C@]1(C)CC[C@@]2(O1)[C@H](C)CCC1C(C)(C)CCC[C@@]12C. The molecule has 1 heteroatoms. The Morgan fingerprint density at radius 2 is 1.71 bits per heavy atom. The molecule has 120 valence electrons. The molecular weight excluding hydrogens is 256 g/mol. The van der Waals surface area contributed by atoms with Gasteiger partial charge in [-0.2, -0.15) is 0 Å². The number of fused-ring (bicyclic) bond motifs is 2. The third kappa shape index (κ3) is 1.99. The molecule has 3 fully saturated rings. The maximum atomic E-state index is 6.89. The van der Waals surface area contributed by atoms with Gasteiger partial charge in [-0.3, -0.25) is 0 Å². The van der Waals surface area contributed by atoms with Crippen LogP contribution in [-0.4, -0.2) is 11.2 Å². The van der Waals surface area contributed by atoms with Crippen LogP contribution in [0.25, 0.3) is 0 Å². The maximum Gasteiger partial charge on any atom is 0.0840 e. The van der Waals surface area contributed by atoms with Crippen LogP contribution in [0.3, 0.4) is 0 Å². The minimum Gasteiger partial charge on any atom is -0.364 e. The van der Waals surface area contributed by atoms with Crippen LogP contribution in [-0.2, 0) is 4.74 Å². The molecule has 3 rings (SSSR count). The Balaban J connectivity index is 2.04. The molecule has 1 spiro atoms. The van der Waals surface area contributed by atoms with E-state index in [0.29, 0.717) is 16.7 Å². The molecule has 2 saturated carbocycles. The van der Waals surface area contributed by atoms with Crippen molar-refractivity contribution in [1.82, 2.24) is 0 Å². The van der Waals surface area contributed by atoms with E-state index in [1.54, 1.807) is 0 Å². The maximum absolute atomic E-state index is 6.89. The van der Waals surface area contributed by atoms with E-state index >= 15 is 0 Å². The van der Waals surface area contributed by atoms with Gasteiger partial charge in [0.05, 0.1) is 11.2 Å². The lowest BCUT2D eigenvalue weighted by Gasteiger charge is -2.63. The summed E-state index contributed by atoms with van der Waals surface area (Å²) in [7, 11) is 0. The van der Waals surface area contributed by atoms with E-state index in [2.05, 4.69) is 47.3 Å². The van der Waals surface area contributed by atoms with E-state index in [1.165, 1.54) is 38.5 Å². The second-order valence-corrected chi connectivity index (χ2v) is 9.30. The van der Waals surface area contributed by atoms with Gasteiger partial charge in [-0.15, -0.1) is 6.58 Å². The highest BCUT2D eigenvalue weighted by Gasteiger charge is 2.65. The van der Waals surface area contributed by atoms with Gasteiger partial charge in [0.25, 0.3) is 0 Å². The Morgan fingerprint density at radius 1 is 1.00 bits per heavy atom. The molecule has 0 aromatic heterocycles. The van der Waals surface area contributed by atoms with Gasteiger partial charge in [-0.1, -0.05) is 40.2 Å². The molecule has 2 aliphatic carbocycles. The summed E-state index contributed by atoms with van der Waals surface area (Å²) in [6.45, 7) is 16.3. The van der Waals surface area contributed by atoms with Gasteiger partial charge in [0.1, 0.15) is 0 Å². The summed E-state index contributed by atoms with van der Waals surface area (Å²) in [6.07, 6.45) is 11.2. The summed E-state index contributed by atoms with van der Waals surface area (Å²) in [5.41, 5.74) is 0.779. The fourth-order valence-corrected chi connectivity index (χ4v) is 6.40. The topological polar surface area (TPSA) is 9.23 Å². The van der Waals surface area contributed by atoms with E-state index in [4.69, 9.17) is 4.74 Å². The second-order valence-electron chi connectivity index (χ2n) is 9.30. The van der Waals surface area contributed by atoms with Crippen molar-refractivity contribution < 1.29 is 4.74 Å². The molecule has 0 aromatic rings. The van der Waals surface area contributed by atoms with Gasteiger partial charge < -0.3 is 4.74 Å². The zero-order chi connectivity index (χ0) is 15.5. The minimum absolute atomic E-state index is 0.0799. The first kappa shape index (κ1) is 15.6. The van der Waals surface area contributed by atoms with Gasteiger partial charge in [0.2, 0.25) is 0 Å². The van der Waals surface area contributed by atoms with Crippen LogP contribution >= 0.6 is 0 Å². The number of rotatable bonds is 1. The third-order valence-electron chi connectivity index (χ3n) is 7.72. The summed E-state index contributed by atoms with van der Waals surface area (Å²) in [5.74, 6) is 1.48. The summed E-state index contributed by atoms with van der Waals surface area (Å²) in [4.78, 5) is 0. The molecule has 0 N–H and O–H groups in total. The Kier molecular flexibility index (Phi) is 3.41. The Labute approximate surface area is 131 Å². The molecule has 1 heterocycles. The zero-order valence-electron chi connectivity index (χ0n) is 14.8. The predicted octanol–water partition coefficient (Wildman–Crippen LogP) is 5.74. The first-order valence-corrected chi connectivity index (χ1v) is 9.03. The molecule has 1 aliphatic heterocycles. The van der Waals surface area contributed by atoms with Crippen molar-refractivity contribution in [2.45, 2.75) is 90.8 Å². The van der Waals surface area contributed by atoms with Gasteiger partial charge >= 0.3 is 0 Å². The quantitative estimate of drug-likeness (QED) is 0.559. The van der Waals surface area contributed by atoms with E-state index in [0.717, 1.165) is 12.3 Å². The van der Waals surface area contributed by atoms with Gasteiger partial charge in [0.15, 0.2) is 0 Å².